The first-order valence-corrected chi connectivity index (χ1v) is 5.59. The quantitative estimate of drug-likeness (QED) is 0.729. The number of aryl methyl sites for hydroxylation is 2. The third-order valence-electron chi connectivity index (χ3n) is 2.95. The van der Waals surface area contributed by atoms with Crippen molar-refractivity contribution >= 4 is 0 Å². The van der Waals surface area contributed by atoms with E-state index < -0.39 is 0 Å². The van der Waals surface area contributed by atoms with Gasteiger partial charge in [-0.1, -0.05) is 13.0 Å². The molecule has 0 saturated heterocycles. The standard InChI is InChI=1S/C13H14N2O/c1-3-10-4-5-11-12(6-10)16-8-13-14-9(2)7-15(11)13/h4-7H,3,8H2,1-2H3. The van der Waals surface area contributed by atoms with Gasteiger partial charge in [-0.25, -0.2) is 4.98 Å². The van der Waals surface area contributed by atoms with Gasteiger partial charge in [-0.15, -0.1) is 0 Å². The monoisotopic (exact) mass is 214 g/mol. The van der Waals surface area contributed by atoms with Crippen LogP contribution < -0.4 is 4.74 Å². The molecule has 0 saturated carbocycles. The number of rotatable bonds is 1. The minimum absolute atomic E-state index is 0.563. The third kappa shape index (κ3) is 1.32. The van der Waals surface area contributed by atoms with Crippen molar-refractivity contribution in [2.45, 2.75) is 26.9 Å². The van der Waals surface area contributed by atoms with Crippen LogP contribution in [0.2, 0.25) is 0 Å². The molecule has 0 spiro atoms. The van der Waals surface area contributed by atoms with Gasteiger partial charge in [-0.05, 0) is 31.0 Å². The maximum absolute atomic E-state index is 5.72. The molecule has 3 rings (SSSR count). The first-order chi connectivity index (χ1) is 7.78. The number of fused-ring (bicyclic) bond motifs is 3. The molecule has 0 atom stereocenters. The van der Waals surface area contributed by atoms with Gasteiger partial charge in [0.05, 0.1) is 11.4 Å². The van der Waals surface area contributed by atoms with Crippen LogP contribution in [0.15, 0.2) is 24.4 Å². The van der Waals surface area contributed by atoms with Crippen LogP contribution in [0.3, 0.4) is 0 Å². The van der Waals surface area contributed by atoms with Crippen LogP contribution in [-0.4, -0.2) is 9.55 Å². The number of hydrogen-bond donors (Lipinski definition) is 0. The Kier molecular flexibility index (Phi) is 1.99. The van der Waals surface area contributed by atoms with Crippen molar-refractivity contribution in [2.75, 3.05) is 0 Å². The third-order valence-corrected chi connectivity index (χ3v) is 2.95. The van der Waals surface area contributed by atoms with Crippen LogP contribution in [0, 0.1) is 6.92 Å². The van der Waals surface area contributed by atoms with Gasteiger partial charge >= 0.3 is 0 Å². The summed E-state index contributed by atoms with van der Waals surface area (Å²) >= 11 is 0. The second-order valence-corrected chi connectivity index (χ2v) is 4.11. The summed E-state index contributed by atoms with van der Waals surface area (Å²) in [5.74, 6) is 1.94. The molecule has 0 N–H and O–H groups in total. The molecular weight excluding hydrogens is 200 g/mol. The maximum atomic E-state index is 5.72. The topological polar surface area (TPSA) is 27.1 Å². The first kappa shape index (κ1) is 9.46. The lowest BCUT2D eigenvalue weighted by molar-refractivity contribution is 0.279. The zero-order valence-corrected chi connectivity index (χ0v) is 9.53. The van der Waals surface area contributed by atoms with Gasteiger partial charge in [0, 0.05) is 6.20 Å². The molecule has 0 radical (unpaired) electrons. The molecule has 2 aromatic rings. The minimum atomic E-state index is 0.563. The maximum Gasteiger partial charge on any atom is 0.151 e. The highest BCUT2D eigenvalue weighted by molar-refractivity contribution is 5.51. The molecule has 1 aliphatic heterocycles. The van der Waals surface area contributed by atoms with Crippen LogP contribution in [-0.2, 0) is 13.0 Å². The minimum Gasteiger partial charge on any atom is -0.483 e. The zero-order chi connectivity index (χ0) is 11.1. The van der Waals surface area contributed by atoms with E-state index in [2.05, 4.69) is 40.9 Å². The van der Waals surface area contributed by atoms with Crippen molar-refractivity contribution in [2.24, 2.45) is 0 Å². The number of nitrogens with zero attached hydrogens (tertiary/aromatic N) is 2. The van der Waals surface area contributed by atoms with Crippen molar-refractivity contribution in [3.63, 3.8) is 0 Å². The summed E-state index contributed by atoms with van der Waals surface area (Å²) in [6.07, 6.45) is 3.09. The largest absolute Gasteiger partial charge is 0.483 e. The fourth-order valence-electron chi connectivity index (χ4n) is 2.09. The Labute approximate surface area is 94.7 Å². The molecule has 2 heterocycles. The van der Waals surface area contributed by atoms with Crippen molar-refractivity contribution in [3.05, 3.63) is 41.5 Å². The van der Waals surface area contributed by atoms with Crippen molar-refractivity contribution < 1.29 is 4.74 Å². The van der Waals surface area contributed by atoms with Crippen molar-refractivity contribution in [1.82, 2.24) is 9.55 Å². The summed E-state index contributed by atoms with van der Waals surface area (Å²) in [5, 5.41) is 0. The number of imidazole rings is 1. The number of hydrogen-bond acceptors (Lipinski definition) is 2. The molecule has 0 unspecified atom stereocenters. The summed E-state index contributed by atoms with van der Waals surface area (Å²) in [6, 6.07) is 6.37. The van der Waals surface area contributed by atoms with Crippen LogP contribution in [0.4, 0.5) is 0 Å². The zero-order valence-electron chi connectivity index (χ0n) is 9.53. The van der Waals surface area contributed by atoms with Crippen LogP contribution in [0.5, 0.6) is 5.75 Å². The molecule has 1 aromatic carbocycles. The summed E-state index contributed by atoms with van der Waals surface area (Å²) in [6.45, 7) is 4.72. The Morgan fingerprint density at radius 1 is 1.44 bits per heavy atom. The summed E-state index contributed by atoms with van der Waals surface area (Å²) in [5.41, 5.74) is 3.43. The lowest BCUT2D eigenvalue weighted by Gasteiger charge is -2.19. The van der Waals surface area contributed by atoms with Gasteiger partial charge in [0.25, 0.3) is 0 Å². The second kappa shape index (κ2) is 3.37. The van der Waals surface area contributed by atoms with Crippen molar-refractivity contribution in [3.8, 4) is 11.4 Å². The summed E-state index contributed by atoms with van der Waals surface area (Å²) in [4.78, 5) is 4.43. The van der Waals surface area contributed by atoms with E-state index in [-0.39, 0.29) is 0 Å². The summed E-state index contributed by atoms with van der Waals surface area (Å²) in [7, 11) is 0. The van der Waals surface area contributed by atoms with E-state index >= 15 is 0 Å². The molecule has 1 aromatic heterocycles. The number of aromatic nitrogens is 2. The van der Waals surface area contributed by atoms with Gasteiger partial charge in [-0.2, -0.15) is 0 Å². The van der Waals surface area contributed by atoms with E-state index in [1.807, 2.05) is 6.92 Å². The fraction of sp³-hybridized carbons (Fsp3) is 0.308. The highest BCUT2D eigenvalue weighted by atomic mass is 16.5. The van der Waals surface area contributed by atoms with E-state index in [1.165, 1.54) is 5.56 Å². The molecule has 0 fully saturated rings. The van der Waals surface area contributed by atoms with Gasteiger partial charge < -0.3 is 4.74 Å². The molecule has 3 heteroatoms. The Hall–Kier alpha value is -1.77. The molecule has 82 valence electrons. The normalized spacial score (nSPS) is 12.9. The Morgan fingerprint density at radius 3 is 3.12 bits per heavy atom. The van der Waals surface area contributed by atoms with Gasteiger partial charge in [-0.3, -0.25) is 4.57 Å². The highest BCUT2D eigenvalue weighted by Gasteiger charge is 2.18. The fourth-order valence-corrected chi connectivity index (χ4v) is 2.09. The Bertz CT molecular complexity index is 543. The molecule has 16 heavy (non-hydrogen) atoms. The smallest absolute Gasteiger partial charge is 0.151 e. The Balaban J connectivity index is 2.17. The Morgan fingerprint density at radius 2 is 2.31 bits per heavy atom. The molecular formula is C13H14N2O. The van der Waals surface area contributed by atoms with Crippen LogP contribution in [0.25, 0.3) is 5.69 Å². The average molecular weight is 214 g/mol. The van der Waals surface area contributed by atoms with E-state index in [0.29, 0.717) is 6.61 Å². The van der Waals surface area contributed by atoms with Gasteiger partial charge in [0.2, 0.25) is 0 Å². The lowest BCUT2D eigenvalue weighted by atomic mass is 10.1. The molecule has 0 amide bonds. The average Bonchev–Trinajstić information content (AvgIpc) is 2.69. The lowest BCUT2D eigenvalue weighted by Crippen LogP contribution is -2.12. The summed E-state index contributed by atoms with van der Waals surface area (Å²) < 4.78 is 7.84. The van der Waals surface area contributed by atoms with Crippen LogP contribution in [0.1, 0.15) is 24.0 Å². The second-order valence-electron chi connectivity index (χ2n) is 4.11. The van der Waals surface area contributed by atoms with Crippen molar-refractivity contribution in [1.29, 1.82) is 0 Å². The highest BCUT2D eigenvalue weighted by Crippen LogP contribution is 2.30. The molecule has 0 aliphatic carbocycles. The van der Waals surface area contributed by atoms with Crippen LogP contribution >= 0.6 is 0 Å². The van der Waals surface area contributed by atoms with E-state index in [1.54, 1.807) is 0 Å². The van der Waals surface area contributed by atoms with E-state index in [0.717, 1.165) is 29.4 Å². The SMILES string of the molecule is CCc1ccc2c(c1)OCc1nc(C)cn1-2. The van der Waals surface area contributed by atoms with Gasteiger partial charge in [0.1, 0.15) is 12.4 Å². The predicted molar refractivity (Wildman–Crippen MR) is 62.0 cm³/mol. The number of ether oxygens (including phenoxy) is 1. The van der Waals surface area contributed by atoms with E-state index in [9.17, 15) is 0 Å². The predicted octanol–water partition coefficient (Wildman–Crippen LogP) is 2.64. The first-order valence-electron chi connectivity index (χ1n) is 5.59. The number of benzene rings is 1. The molecule has 3 nitrogen and oxygen atoms in total. The molecule has 1 aliphatic rings. The van der Waals surface area contributed by atoms with Gasteiger partial charge in [0.15, 0.2) is 5.82 Å². The molecule has 0 bridgehead atoms. The van der Waals surface area contributed by atoms with E-state index in [4.69, 9.17) is 4.74 Å².